The Balaban J connectivity index is 2.05. The van der Waals surface area contributed by atoms with E-state index in [1.165, 1.54) is 20.0 Å². The molecule has 8 heteroatoms. The van der Waals surface area contributed by atoms with Crippen molar-refractivity contribution in [1.82, 2.24) is 20.3 Å². The third kappa shape index (κ3) is 5.29. The number of nitrogens with one attached hydrogen (secondary N) is 2. The standard InChI is InChI=1S/C15H22N6O2/c1-3-8-16-12(22)11-17-13-18-14(20-15(19-13)23-2)21-9-6-4-5-7-10-21/h1H,4-11H2,2H3,(H,16,22)(H,17,18,19,20). The quantitative estimate of drug-likeness (QED) is 0.734. The minimum absolute atomic E-state index is 0.0360. The van der Waals surface area contributed by atoms with Gasteiger partial charge in [0.05, 0.1) is 20.2 Å². The molecule has 23 heavy (non-hydrogen) atoms. The SMILES string of the molecule is C#CCNC(=O)CNc1nc(OC)nc(N2CCCCCC2)n1. The Kier molecular flexibility index (Phi) is 6.41. The van der Waals surface area contributed by atoms with Crippen LogP contribution in [0, 0.1) is 12.3 Å². The van der Waals surface area contributed by atoms with Crippen LogP contribution in [0.4, 0.5) is 11.9 Å². The average Bonchev–Trinajstić information content (AvgIpc) is 2.87. The second-order valence-corrected chi connectivity index (χ2v) is 5.18. The van der Waals surface area contributed by atoms with Gasteiger partial charge in [-0.2, -0.15) is 15.0 Å². The first-order valence-electron chi connectivity index (χ1n) is 7.72. The Hall–Kier alpha value is -2.56. The van der Waals surface area contributed by atoms with Crippen LogP contribution in [0.5, 0.6) is 6.01 Å². The first kappa shape index (κ1) is 16.8. The zero-order valence-electron chi connectivity index (χ0n) is 13.3. The van der Waals surface area contributed by atoms with E-state index >= 15 is 0 Å². The summed E-state index contributed by atoms with van der Waals surface area (Å²) in [6.45, 7) is 2.05. The highest BCUT2D eigenvalue weighted by molar-refractivity contribution is 5.80. The third-order valence-corrected chi connectivity index (χ3v) is 3.47. The molecule has 0 atom stereocenters. The number of aromatic nitrogens is 3. The molecular weight excluding hydrogens is 296 g/mol. The van der Waals surface area contributed by atoms with Crippen molar-refractivity contribution >= 4 is 17.8 Å². The van der Waals surface area contributed by atoms with Crippen molar-refractivity contribution < 1.29 is 9.53 Å². The minimum atomic E-state index is -0.223. The minimum Gasteiger partial charge on any atom is -0.467 e. The van der Waals surface area contributed by atoms with Crippen LogP contribution < -0.4 is 20.3 Å². The number of terminal acetylenes is 1. The summed E-state index contributed by atoms with van der Waals surface area (Å²) in [5.41, 5.74) is 0. The number of anilines is 2. The normalized spacial score (nSPS) is 14.5. The highest BCUT2D eigenvalue weighted by Gasteiger charge is 2.16. The Morgan fingerprint density at radius 1 is 1.26 bits per heavy atom. The molecule has 2 N–H and O–H groups in total. The molecule has 8 nitrogen and oxygen atoms in total. The molecule has 1 aromatic rings. The van der Waals surface area contributed by atoms with Gasteiger partial charge in [0.15, 0.2) is 0 Å². The van der Waals surface area contributed by atoms with Gasteiger partial charge in [0, 0.05) is 13.1 Å². The molecule has 1 amide bonds. The second-order valence-electron chi connectivity index (χ2n) is 5.18. The smallest absolute Gasteiger partial charge is 0.322 e. The molecule has 1 aromatic heterocycles. The Labute approximate surface area is 136 Å². The molecular formula is C15H22N6O2. The number of methoxy groups -OCH3 is 1. The third-order valence-electron chi connectivity index (χ3n) is 3.47. The van der Waals surface area contributed by atoms with E-state index in [-0.39, 0.29) is 25.0 Å². The van der Waals surface area contributed by atoms with Gasteiger partial charge < -0.3 is 20.3 Å². The maximum Gasteiger partial charge on any atom is 0.322 e. The van der Waals surface area contributed by atoms with Crippen molar-refractivity contribution in [3.05, 3.63) is 0 Å². The lowest BCUT2D eigenvalue weighted by molar-refractivity contribution is -0.119. The summed E-state index contributed by atoms with van der Waals surface area (Å²) in [5, 5.41) is 5.44. The van der Waals surface area contributed by atoms with Crippen LogP contribution in [0.1, 0.15) is 25.7 Å². The fourth-order valence-electron chi connectivity index (χ4n) is 2.30. The van der Waals surface area contributed by atoms with Gasteiger partial charge in [0.2, 0.25) is 17.8 Å². The number of ether oxygens (including phenoxy) is 1. The molecule has 1 fully saturated rings. The van der Waals surface area contributed by atoms with Crippen LogP contribution in [0.2, 0.25) is 0 Å². The van der Waals surface area contributed by atoms with Crippen LogP contribution in [0.3, 0.4) is 0 Å². The number of carbonyl (C=O) groups excluding carboxylic acids is 1. The largest absolute Gasteiger partial charge is 0.467 e. The molecule has 2 heterocycles. The summed E-state index contributed by atoms with van der Waals surface area (Å²) >= 11 is 0. The summed E-state index contributed by atoms with van der Waals surface area (Å²) in [5.74, 6) is 3.01. The zero-order valence-corrected chi connectivity index (χ0v) is 13.3. The topological polar surface area (TPSA) is 92.3 Å². The predicted molar refractivity (Wildman–Crippen MR) is 87.4 cm³/mol. The van der Waals surface area contributed by atoms with E-state index in [9.17, 15) is 4.79 Å². The predicted octanol–water partition coefficient (Wildman–Crippen LogP) is 0.422. The van der Waals surface area contributed by atoms with Gasteiger partial charge in [0.25, 0.3) is 0 Å². The fraction of sp³-hybridized carbons (Fsp3) is 0.600. The maximum atomic E-state index is 11.6. The van der Waals surface area contributed by atoms with Crippen molar-refractivity contribution in [3.63, 3.8) is 0 Å². The fourth-order valence-corrected chi connectivity index (χ4v) is 2.30. The van der Waals surface area contributed by atoms with Gasteiger partial charge in [-0.25, -0.2) is 0 Å². The highest BCUT2D eigenvalue weighted by Crippen LogP contribution is 2.18. The zero-order chi connectivity index (χ0) is 16.5. The molecule has 0 aliphatic carbocycles. The summed E-state index contributed by atoms with van der Waals surface area (Å²) in [7, 11) is 1.50. The average molecular weight is 318 g/mol. The molecule has 0 spiro atoms. The second kappa shape index (κ2) is 8.78. The number of amides is 1. The summed E-state index contributed by atoms with van der Waals surface area (Å²) < 4.78 is 5.13. The lowest BCUT2D eigenvalue weighted by Gasteiger charge is -2.20. The molecule has 0 saturated carbocycles. The molecule has 0 unspecified atom stereocenters. The maximum absolute atomic E-state index is 11.6. The summed E-state index contributed by atoms with van der Waals surface area (Å²) in [6, 6.07) is 0.228. The van der Waals surface area contributed by atoms with Crippen LogP contribution in [-0.4, -0.2) is 54.1 Å². The van der Waals surface area contributed by atoms with E-state index in [1.807, 2.05) is 0 Å². The summed E-state index contributed by atoms with van der Waals surface area (Å²) in [4.78, 5) is 26.5. The van der Waals surface area contributed by atoms with Gasteiger partial charge in [-0.3, -0.25) is 4.79 Å². The first-order valence-corrected chi connectivity index (χ1v) is 7.72. The number of hydrogen-bond donors (Lipinski definition) is 2. The lowest BCUT2D eigenvalue weighted by atomic mass is 10.2. The molecule has 124 valence electrons. The van der Waals surface area contributed by atoms with Crippen molar-refractivity contribution in [2.75, 3.05) is 43.5 Å². The summed E-state index contributed by atoms with van der Waals surface area (Å²) in [6.07, 6.45) is 9.77. The highest BCUT2D eigenvalue weighted by atomic mass is 16.5. The van der Waals surface area contributed by atoms with Crippen LogP contribution >= 0.6 is 0 Å². The molecule has 1 aliphatic rings. The number of carbonyl (C=O) groups is 1. The van der Waals surface area contributed by atoms with Crippen LogP contribution in [-0.2, 0) is 4.79 Å². The molecule has 2 rings (SSSR count). The van der Waals surface area contributed by atoms with Gasteiger partial charge >= 0.3 is 6.01 Å². The molecule has 1 aliphatic heterocycles. The van der Waals surface area contributed by atoms with Gasteiger partial charge in [-0.15, -0.1) is 6.42 Å². The molecule has 0 bridgehead atoms. The van der Waals surface area contributed by atoms with Gasteiger partial charge in [-0.05, 0) is 12.8 Å². The van der Waals surface area contributed by atoms with Crippen molar-refractivity contribution in [1.29, 1.82) is 0 Å². The van der Waals surface area contributed by atoms with Crippen molar-refractivity contribution in [3.8, 4) is 18.4 Å². The first-order chi connectivity index (χ1) is 11.2. The van der Waals surface area contributed by atoms with Crippen molar-refractivity contribution in [2.45, 2.75) is 25.7 Å². The lowest BCUT2D eigenvalue weighted by Crippen LogP contribution is -2.31. The van der Waals surface area contributed by atoms with E-state index in [2.05, 4.69) is 36.4 Å². The monoisotopic (exact) mass is 318 g/mol. The molecule has 1 saturated heterocycles. The van der Waals surface area contributed by atoms with E-state index < -0.39 is 0 Å². The van der Waals surface area contributed by atoms with Crippen LogP contribution in [0.15, 0.2) is 0 Å². The molecule has 0 radical (unpaired) electrons. The van der Waals surface area contributed by atoms with E-state index in [4.69, 9.17) is 11.2 Å². The van der Waals surface area contributed by atoms with Crippen LogP contribution in [0.25, 0.3) is 0 Å². The van der Waals surface area contributed by atoms with Crippen molar-refractivity contribution in [2.24, 2.45) is 0 Å². The Morgan fingerprint density at radius 3 is 2.65 bits per heavy atom. The van der Waals surface area contributed by atoms with E-state index in [0.717, 1.165) is 25.9 Å². The van der Waals surface area contributed by atoms with E-state index in [1.54, 1.807) is 0 Å². The van der Waals surface area contributed by atoms with Gasteiger partial charge in [0.1, 0.15) is 0 Å². The number of hydrogen-bond acceptors (Lipinski definition) is 7. The Bertz CT molecular complexity index is 564. The van der Waals surface area contributed by atoms with Gasteiger partial charge in [-0.1, -0.05) is 18.8 Å². The molecule has 0 aromatic carbocycles. The number of rotatable bonds is 6. The Morgan fingerprint density at radius 2 is 2.00 bits per heavy atom. The number of nitrogens with zero attached hydrogens (tertiary/aromatic N) is 4. The van der Waals surface area contributed by atoms with E-state index in [0.29, 0.717) is 11.9 Å².